The van der Waals surface area contributed by atoms with Gasteiger partial charge in [0.05, 0.1) is 7.11 Å². The quantitative estimate of drug-likeness (QED) is 0.787. The third kappa shape index (κ3) is 4.78. The molecule has 0 heterocycles. The third-order valence-electron chi connectivity index (χ3n) is 3.22. The summed E-state index contributed by atoms with van der Waals surface area (Å²) in [6, 6.07) is 8.19. The van der Waals surface area contributed by atoms with Gasteiger partial charge in [-0.2, -0.15) is 0 Å². The van der Waals surface area contributed by atoms with Crippen LogP contribution in [-0.2, 0) is 6.42 Å². The minimum Gasteiger partial charge on any atom is -0.496 e. The maximum atomic E-state index is 9.03. The van der Waals surface area contributed by atoms with E-state index in [2.05, 4.69) is 26.0 Å². The van der Waals surface area contributed by atoms with Crippen molar-refractivity contribution in [3.8, 4) is 5.75 Å². The lowest BCUT2D eigenvalue weighted by atomic mass is 9.92. The molecule has 2 atom stereocenters. The molecule has 1 aromatic rings. The van der Waals surface area contributed by atoms with Gasteiger partial charge in [-0.05, 0) is 42.7 Å². The van der Waals surface area contributed by atoms with Crippen molar-refractivity contribution < 1.29 is 9.84 Å². The van der Waals surface area contributed by atoms with Crippen LogP contribution in [0.5, 0.6) is 5.75 Å². The van der Waals surface area contributed by atoms with E-state index in [9.17, 15) is 0 Å². The van der Waals surface area contributed by atoms with E-state index in [1.165, 1.54) is 5.56 Å². The summed E-state index contributed by atoms with van der Waals surface area (Å²) in [6.45, 7) is 4.64. The standard InChI is InChI=1S/C15H24O2/c1-12(10-13(2)11-16)8-9-14-6-4-5-7-15(14)17-3/h4-7,12-13,16H,8-11H2,1-3H3/t12-,13+/m0/s1. The molecule has 0 aliphatic rings. The predicted molar refractivity (Wildman–Crippen MR) is 71.3 cm³/mol. The summed E-state index contributed by atoms with van der Waals surface area (Å²) in [7, 11) is 1.72. The molecule has 0 aliphatic carbocycles. The fraction of sp³-hybridized carbons (Fsp3) is 0.600. The number of para-hydroxylation sites is 1. The van der Waals surface area contributed by atoms with Gasteiger partial charge in [0.15, 0.2) is 0 Å². The van der Waals surface area contributed by atoms with Crippen LogP contribution in [0, 0.1) is 11.8 Å². The highest BCUT2D eigenvalue weighted by molar-refractivity contribution is 5.33. The first-order valence-corrected chi connectivity index (χ1v) is 6.40. The van der Waals surface area contributed by atoms with Crippen LogP contribution in [0.25, 0.3) is 0 Å². The molecule has 2 heteroatoms. The largest absolute Gasteiger partial charge is 0.496 e. The summed E-state index contributed by atoms with van der Waals surface area (Å²) < 4.78 is 5.34. The molecule has 1 rings (SSSR count). The lowest BCUT2D eigenvalue weighted by Gasteiger charge is -2.16. The molecule has 0 spiro atoms. The van der Waals surface area contributed by atoms with E-state index >= 15 is 0 Å². The first-order chi connectivity index (χ1) is 8.17. The van der Waals surface area contributed by atoms with E-state index in [0.29, 0.717) is 18.4 Å². The minimum atomic E-state index is 0.291. The maximum absolute atomic E-state index is 9.03. The van der Waals surface area contributed by atoms with Crippen molar-refractivity contribution in [1.29, 1.82) is 0 Å². The molecular weight excluding hydrogens is 212 g/mol. The van der Waals surface area contributed by atoms with Gasteiger partial charge in [0, 0.05) is 6.61 Å². The van der Waals surface area contributed by atoms with Gasteiger partial charge in [-0.1, -0.05) is 32.0 Å². The molecule has 0 aromatic heterocycles. The van der Waals surface area contributed by atoms with Crippen LogP contribution in [-0.4, -0.2) is 18.8 Å². The Hall–Kier alpha value is -1.02. The highest BCUT2D eigenvalue weighted by atomic mass is 16.5. The molecule has 0 aliphatic heterocycles. The Morgan fingerprint density at radius 1 is 1.18 bits per heavy atom. The molecule has 1 aromatic carbocycles. The smallest absolute Gasteiger partial charge is 0.122 e. The fourth-order valence-electron chi connectivity index (χ4n) is 2.19. The van der Waals surface area contributed by atoms with Crippen LogP contribution >= 0.6 is 0 Å². The number of methoxy groups -OCH3 is 1. The van der Waals surface area contributed by atoms with Crippen LogP contribution < -0.4 is 4.74 Å². The van der Waals surface area contributed by atoms with Gasteiger partial charge >= 0.3 is 0 Å². The Balaban J connectivity index is 2.44. The lowest BCUT2D eigenvalue weighted by molar-refractivity contribution is 0.213. The Kier molecular flexibility index (Phi) is 6.06. The number of hydrogen-bond acceptors (Lipinski definition) is 2. The number of ether oxygens (including phenoxy) is 1. The molecule has 0 fully saturated rings. The molecule has 0 saturated heterocycles. The van der Waals surface area contributed by atoms with Crippen molar-refractivity contribution in [3.63, 3.8) is 0 Å². The van der Waals surface area contributed by atoms with E-state index in [1.807, 2.05) is 12.1 Å². The summed E-state index contributed by atoms with van der Waals surface area (Å²) in [5.41, 5.74) is 1.28. The van der Waals surface area contributed by atoms with Crippen molar-refractivity contribution in [3.05, 3.63) is 29.8 Å². The second kappa shape index (κ2) is 7.33. The van der Waals surface area contributed by atoms with Gasteiger partial charge in [-0.15, -0.1) is 0 Å². The zero-order valence-corrected chi connectivity index (χ0v) is 11.1. The molecule has 0 saturated carbocycles. The number of aryl methyl sites for hydroxylation is 1. The van der Waals surface area contributed by atoms with Crippen molar-refractivity contribution in [1.82, 2.24) is 0 Å². The second-order valence-electron chi connectivity index (χ2n) is 4.98. The molecule has 0 bridgehead atoms. The summed E-state index contributed by atoms with van der Waals surface area (Å²) in [4.78, 5) is 0. The summed E-state index contributed by atoms with van der Waals surface area (Å²) >= 11 is 0. The highest BCUT2D eigenvalue weighted by Crippen LogP contribution is 2.22. The predicted octanol–water partition coefficient (Wildman–Crippen LogP) is 3.28. The van der Waals surface area contributed by atoms with E-state index in [4.69, 9.17) is 9.84 Å². The molecule has 0 radical (unpaired) electrons. The molecule has 0 unspecified atom stereocenters. The van der Waals surface area contributed by atoms with E-state index in [0.717, 1.165) is 25.0 Å². The first kappa shape index (κ1) is 14.0. The summed E-state index contributed by atoms with van der Waals surface area (Å²) in [5.74, 6) is 2.03. The normalized spacial score (nSPS) is 14.4. The van der Waals surface area contributed by atoms with Gasteiger partial charge in [-0.25, -0.2) is 0 Å². The highest BCUT2D eigenvalue weighted by Gasteiger charge is 2.09. The number of aliphatic hydroxyl groups is 1. The fourth-order valence-corrected chi connectivity index (χ4v) is 2.19. The Morgan fingerprint density at radius 2 is 1.88 bits per heavy atom. The van der Waals surface area contributed by atoms with E-state index in [1.54, 1.807) is 7.11 Å². The lowest BCUT2D eigenvalue weighted by Crippen LogP contribution is -2.08. The van der Waals surface area contributed by atoms with Crippen LogP contribution in [0.3, 0.4) is 0 Å². The molecule has 0 amide bonds. The summed E-state index contributed by atoms with van der Waals surface area (Å²) in [6.07, 6.45) is 3.28. The zero-order valence-electron chi connectivity index (χ0n) is 11.1. The Morgan fingerprint density at radius 3 is 2.53 bits per heavy atom. The number of hydrogen-bond donors (Lipinski definition) is 1. The van der Waals surface area contributed by atoms with Crippen molar-refractivity contribution in [2.45, 2.75) is 33.1 Å². The minimum absolute atomic E-state index is 0.291. The van der Waals surface area contributed by atoms with Crippen molar-refractivity contribution >= 4 is 0 Å². The maximum Gasteiger partial charge on any atom is 0.122 e. The molecule has 1 N–H and O–H groups in total. The van der Waals surface area contributed by atoms with Gasteiger partial charge in [-0.3, -0.25) is 0 Å². The molecule has 17 heavy (non-hydrogen) atoms. The van der Waals surface area contributed by atoms with Gasteiger partial charge in [0.25, 0.3) is 0 Å². The Bertz CT molecular complexity index is 322. The number of benzene rings is 1. The first-order valence-electron chi connectivity index (χ1n) is 6.40. The van der Waals surface area contributed by atoms with Crippen molar-refractivity contribution in [2.24, 2.45) is 11.8 Å². The monoisotopic (exact) mass is 236 g/mol. The zero-order chi connectivity index (χ0) is 12.7. The van der Waals surface area contributed by atoms with Gasteiger partial charge < -0.3 is 9.84 Å². The van der Waals surface area contributed by atoms with Crippen LogP contribution in [0.15, 0.2) is 24.3 Å². The van der Waals surface area contributed by atoms with Crippen LogP contribution in [0.1, 0.15) is 32.3 Å². The molecule has 96 valence electrons. The number of aliphatic hydroxyl groups excluding tert-OH is 1. The van der Waals surface area contributed by atoms with E-state index < -0.39 is 0 Å². The molecular formula is C15H24O2. The Labute approximate surface area is 105 Å². The van der Waals surface area contributed by atoms with Gasteiger partial charge in [0.1, 0.15) is 5.75 Å². The average molecular weight is 236 g/mol. The van der Waals surface area contributed by atoms with E-state index in [-0.39, 0.29) is 0 Å². The second-order valence-corrected chi connectivity index (χ2v) is 4.98. The van der Waals surface area contributed by atoms with Gasteiger partial charge in [0.2, 0.25) is 0 Å². The topological polar surface area (TPSA) is 29.5 Å². The van der Waals surface area contributed by atoms with Crippen LogP contribution in [0.2, 0.25) is 0 Å². The summed E-state index contributed by atoms with van der Waals surface area (Å²) in [5, 5.41) is 9.03. The SMILES string of the molecule is COc1ccccc1CC[C@H](C)C[C@@H](C)CO. The number of rotatable bonds is 7. The van der Waals surface area contributed by atoms with Crippen molar-refractivity contribution in [2.75, 3.05) is 13.7 Å². The average Bonchev–Trinajstić information content (AvgIpc) is 2.36. The van der Waals surface area contributed by atoms with Crippen LogP contribution in [0.4, 0.5) is 0 Å². The third-order valence-corrected chi connectivity index (χ3v) is 3.22. The molecule has 2 nitrogen and oxygen atoms in total.